The van der Waals surface area contributed by atoms with E-state index in [0.717, 1.165) is 6.42 Å². The van der Waals surface area contributed by atoms with Crippen molar-refractivity contribution in [3.8, 4) is 0 Å². The number of aliphatic imine (C=N–C) groups is 1. The van der Waals surface area contributed by atoms with Crippen LogP contribution in [-0.4, -0.2) is 20.6 Å². The van der Waals surface area contributed by atoms with Crippen LogP contribution in [0.3, 0.4) is 0 Å². The van der Waals surface area contributed by atoms with Crippen LogP contribution in [0.1, 0.15) is 59.6 Å². The summed E-state index contributed by atoms with van der Waals surface area (Å²) >= 11 is 0. The lowest BCUT2D eigenvalue weighted by atomic mass is 9.91. The smallest absolute Gasteiger partial charge is 0.193 e. The highest BCUT2D eigenvalue weighted by Crippen LogP contribution is 2.41. The summed E-state index contributed by atoms with van der Waals surface area (Å²) in [5.74, 6) is 0. The van der Waals surface area contributed by atoms with Crippen LogP contribution in [0.4, 0.5) is 0 Å². The molecule has 1 aromatic rings. The molecule has 0 saturated carbocycles. The average molecular weight is 360 g/mol. The Bertz CT molecular complexity index is 569. The summed E-state index contributed by atoms with van der Waals surface area (Å²) in [6, 6.07) is 10.6. The van der Waals surface area contributed by atoms with Crippen LogP contribution < -0.4 is 0 Å². The lowest BCUT2D eigenvalue weighted by Gasteiger charge is -2.40. The maximum absolute atomic E-state index is 6.78. The van der Waals surface area contributed by atoms with Crippen LogP contribution in [0.2, 0.25) is 18.1 Å². The zero-order valence-electron chi connectivity index (χ0n) is 17.5. The molecule has 0 spiro atoms. The minimum absolute atomic E-state index is 0.0159. The van der Waals surface area contributed by atoms with Crippen LogP contribution in [0.25, 0.3) is 0 Å². The fourth-order valence-electron chi connectivity index (χ4n) is 2.40. The summed E-state index contributed by atoms with van der Waals surface area (Å²) < 4.78 is 6.78. The number of rotatable bonds is 8. The summed E-state index contributed by atoms with van der Waals surface area (Å²) in [4.78, 5) is 4.88. The second-order valence-electron chi connectivity index (χ2n) is 9.21. The van der Waals surface area contributed by atoms with E-state index in [0.29, 0.717) is 0 Å². The van der Waals surface area contributed by atoms with Crippen molar-refractivity contribution in [2.75, 3.05) is 0 Å². The molecule has 0 saturated heterocycles. The molecule has 0 aliphatic carbocycles. The van der Waals surface area contributed by atoms with Crippen molar-refractivity contribution < 1.29 is 4.43 Å². The van der Waals surface area contributed by atoms with Crippen LogP contribution >= 0.6 is 0 Å². The van der Waals surface area contributed by atoms with Gasteiger partial charge in [0.25, 0.3) is 0 Å². The molecule has 1 aromatic carbocycles. The van der Waals surface area contributed by atoms with Crippen molar-refractivity contribution in [2.45, 2.75) is 78.2 Å². The van der Waals surface area contributed by atoms with Crippen LogP contribution in [0, 0.1) is 5.41 Å². The fraction of sp³-hybridized carbons (Fsp3) is 0.591. The maximum Gasteiger partial charge on any atom is 0.193 e. The Morgan fingerprint density at radius 2 is 1.68 bits per heavy atom. The van der Waals surface area contributed by atoms with Gasteiger partial charge in [-0.3, -0.25) is 4.99 Å². The molecule has 0 aromatic heterocycles. The SMILES string of the molecule is C=CCC(C)(C)C=N[C@@H](C)[C@H](O[Si](C)(C)C(C)(C)C)c1ccccc1. The molecule has 0 unspecified atom stereocenters. The molecular formula is C22H37NOSi. The van der Waals surface area contributed by atoms with Crippen molar-refractivity contribution in [1.82, 2.24) is 0 Å². The van der Waals surface area contributed by atoms with Crippen molar-refractivity contribution in [3.05, 3.63) is 48.6 Å². The third-order valence-corrected chi connectivity index (χ3v) is 9.58. The van der Waals surface area contributed by atoms with Gasteiger partial charge in [-0.15, -0.1) is 6.58 Å². The largest absolute Gasteiger partial charge is 0.408 e. The first-order chi connectivity index (χ1) is 11.4. The molecule has 2 nitrogen and oxygen atoms in total. The van der Waals surface area contributed by atoms with Crippen LogP contribution in [-0.2, 0) is 4.43 Å². The van der Waals surface area contributed by atoms with E-state index in [4.69, 9.17) is 9.42 Å². The molecule has 0 fully saturated rings. The predicted molar refractivity (Wildman–Crippen MR) is 114 cm³/mol. The van der Waals surface area contributed by atoms with Gasteiger partial charge < -0.3 is 4.43 Å². The Hall–Kier alpha value is -1.19. The lowest BCUT2D eigenvalue weighted by molar-refractivity contribution is 0.161. The van der Waals surface area contributed by atoms with Crippen molar-refractivity contribution >= 4 is 14.5 Å². The Kier molecular flexibility index (Phi) is 7.39. The maximum atomic E-state index is 6.78. The summed E-state index contributed by atoms with van der Waals surface area (Å²) in [5.41, 5.74) is 1.23. The minimum atomic E-state index is -1.89. The third-order valence-electron chi connectivity index (χ3n) is 5.12. The Morgan fingerprint density at radius 3 is 2.16 bits per heavy atom. The molecule has 1 rings (SSSR count). The van der Waals surface area contributed by atoms with E-state index in [1.165, 1.54) is 5.56 Å². The van der Waals surface area contributed by atoms with E-state index in [9.17, 15) is 0 Å². The van der Waals surface area contributed by atoms with Gasteiger partial charge >= 0.3 is 0 Å². The first-order valence-electron chi connectivity index (χ1n) is 9.27. The number of hydrogen-bond acceptors (Lipinski definition) is 2. The highest BCUT2D eigenvalue weighted by molar-refractivity contribution is 6.74. The quantitative estimate of drug-likeness (QED) is 0.284. The fourth-order valence-corrected chi connectivity index (χ4v) is 3.73. The van der Waals surface area contributed by atoms with Crippen molar-refractivity contribution in [1.29, 1.82) is 0 Å². The molecule has 25 heavy (non-hydrogen) atoms. The normalized spacial score (nSPS) is 16.0. The topological polar surface area (TPSA) is 21.6 Å². The van der Waals surface area contributed by atoms with E-state index >= 15 is 0 Å². The minimum Gasteiger partial charge on any atom is -0.408 e. The molecule has 0 aliphatic rings. The predicted octanol–water partition coefficient (Wildman–Crippen LogP) is 6.81. The van der Waals surface area contributed by atoms with E-state index in [-0.39, 0.29) is 22.6 Å². The highest BCUT2D eigenvalue weighted by Gasteiger charge is 2.40. The van der Waals surface area contributed by atoms with Gasteiger partial charge in [-0.25, -0.2) is 0 Å². The van der Waals surface area contributed by atoms with Crippen molar-refractivity contribution in [2.24, 2.45) is 10.4 Å². The van der Waals surface area contributed by atoms with E-state index in [2.05, 4.69) is 91.7 Å². The molecule has 2 atom stereocenters. The van der Waals surface area contributed by atoms with Gasteiger partial charge in [0.1, 0.15) is 0 Å². The second-order valence-corrected chi connectivity index (χ2v) is 14.0. The van der Waals surface area contributed by atoms with E-state index in [1.807, 2.05) is 12.1 Å². The van der Waals surface area contributed by atoms with E-state index < -0.39 is 8.32 Å². The standard InChI is InChI=1S/C22H37NOSi/c1-10-16-22(6,7)17-23-18(2)20(19-14-12-11-13-15-19)24-25(8,9)21(3,4)5/h10-15,17-18,20H,1,16H2,2-9H3/t18-,20-/m0/s1. The van der Waals surface area contributed by atoms with Crippen LogP contribution in [0.5, 0.6) is 0 Å². The van der Waals surface area contributed by atoms with E-state index in [1.54, 1.807) is 0 Å². The van der Waals surface area contributed by atoms with Gasteiger partial charge in [0.05, 0.1) is 12.1 Å². The average Bonchev–Trinajstić information content (AvgIpc) is 2.50. The first-order valence-corrected chi connectivity index (χ1v) is 12.2. The summed E-state index contributed by atoms with van der Waals surface area (Å²) in [6.45, 7) is 21.8. The molecule has 0 heterocycles. The molecule has 0 amide bonds. The molecule has 140 valence electrons. The Balaban J connectivity index is 3.11. The number of benzene rings is 1. The van der Waals surface area contributed by atoms with Gasteiger partial charge in [-0.1, -0.05) is 71.0 Å². The zero-order chi connectivity index (χ0) is 19.3. The summed E-state index contributed by atoms with van der Waals surface area (Å²) in [5, 5.41) is 0.172. The number of hydrogen-bond donors (Lipinski definition) is 0. The molecule has 0 radical (unpaired) electrons. The molecule has 3 heteroatoms. The zero-order valence-corrected chi connectivity index (χ0v) is 18.5. The number of nitrogens with zero attached hydrogens (tertiary/aromatic N) is 1. The first kappa shape index (κ1) is 21.8. The van der Waals surface area contributed by atoms with Gasteiger partial charge in [-0.05, 0) is 37.0 Å². The van der Waals surface area contributed by atoms with Crippen LogP contribution in [0.15, 0.2) is 48.0 Å². The second kappa shape index (κ2) is 8.46. The van der Waals surface area contributed by atoms with Gasteiger partial charge in [-0.2, -0.15) is 0 Å². The molecule has 0 bridgehead atoms. The van der Waals surface area contributed by atoms with Gasteiger partial charge in [0.15, 0.2) is 8.32 Å². The summed E-state index contributed by atoms with van der Waals surface area (Å²) in [7, 11) is -1.89. The summed E-state index contributed by atoms with van der Waals surface area (Å²) in [6.07, 6.45) is 4.93. The Labute approximate surface area is 156 Å². The highest BCUT2D eigenvalue weighted by atomic mass is 28.4. The monoisotopic (exact) mass is 359 g/mol. The lowest BCUT2D eigenvalue weighted by Crippen LogP contribution is -2.43. The van der Waals surface area contributed by atoms with Crippen molar-refractivity contribution in [3.63, 3.8) is 0 Å². The third kappa shape index (κ3) is 6.56. The molecule has 0 N–H and O–H groups in total. The van der Waals surface area contributed by atoms with Gasteiger partial charge in [0.2, 0.25) is 0 Å². The molecule has 0 aliphatic heterocycles. The Morgan fingerprint density at radius 1 is 1.12 bits per heavy atom. The molecular weight excluding hydrogens is 322 g/mol. The van der Waals surface area contributed by atoms with Gasteiger partial charge in [0, 0.05) is 11.6 Å². The number of allylic oxidation sites excluding steroid dienone is 1.